The van der Waals surface area contributed by atoms with Crippen LogP contribution in [0, 0.1) is 5.82 Å². The summed E-state index contributed by atoms with van der Waals surface area (Å²) in [6, 6.07) is 3.71. The standard InChI is InChI=1S/C12H12ClFO3/c1-3-17-12(16)9-6-8(4-5-10(9)14)11(13)7(2)15/h4-6,11H,3H2,1-2H3. The van der Waals surface area contributed by atoms with E-state index < -0.39 is 17.2 Å². The Morgan fingerprint density at radius 1 is 1.47 bits per heavy atom. The molecule has 92 valence electrons. The van der Waals surface area contributed by atoms with Gasteiger partial charge in [0.05, 0.1) is 12.2 Å². The molecule has 0 spiro atoms. The van der Waals surface area contributed by atoms with Crippen molar-refractivity contribution in [3.05, 3.63) is 35.1 Å². The second-order valence-corrected chi connectivity index (χ2v) is 3.87. The number of rotatable bonds is 4. The molecule has 0 heterocycles. The summed E-state index contributed by atoms with van der Waals surface area (Å²) < 4.78 is 18.1. The van der Waals surface area contributed by atoms with Crippen molar-refractivity contribution in [3.8, 4) is 0 Å². The summed E-state index contributed by atoms with van der Waals surface area (Å²) in [4.78, 5) is 22.5. The van der Waals surface area contributed by atoms with Gasteiger partial charge in [-0.05, 0) is 31.5 Å². The van der Waals surface area contributed by atoms with Crippen LogP contribution in [0.5, 0.6) is 0 Å². The number of carbonyl (C=O) groups is 2. The van der Waals surface area contributed by atoms with Crippen LogP contribution >= 0.6 is 11.6 Å². The summed E-state index contributed by atoms with van der Waals surface area (Å²) in [5.41, 5.74) is 0.167. The molecule has 0 radical (unpaired) electrons. The van der Waals surface area contributed by atoms with E-state index >= 15 is 0 Å². The molecule has 1 unspecified atom stereocenters. The van der Waals surface area contributed by atoms with Crippen LogP contribution in [0.15, 0.2) is 18.2 Å². The Kier molecular flexibility index (Phi) is 4.63. The van der Waals surface area contributed by atoms with Crippen LogP contribution in [0.3, 0.4) is 0 Å². The van der Waals surface area contributed by atoms with Crippen molar-refractivity contribution < 1.29 is 18.7 Å². The number of carbonyl (C=O) groups excluding carboxylic acids is 2. The van der Waals surface area contributed by atoms with Crippen LogP contribution in [-0.2, 0) is 9.53 Å². The van der Waals surface area contributed by atoms with Crippen molar-refractivity contribution in [2.24, 2.45) is 0 Å². The zero-order valence-electron chi connectivity index (χ0n) is 9.50. The zero-order valence-corrected chi connectivity index (χ0v) is 10.3. The van der Waals surface area contributed by atoms with Gasteiger partial charge in [0.1, 0.15) is 11.2 Å². The Hall–Kier alpha value is -1.42. The van der Waals surface area contributed by atoms with Crippen molar-refractivity contribution in [3.63, 3.8) is 0 Å². The topological polar surface area (TPSA) is 43.4 Å². The maximum atomic E-state index is 13.4. The Bertz CT molecular complexity index is 445. The third-order valence-corrected chi connectivity index (χ3v) is 2.69. The molecular weight excluding hydrogens is 247 g/mol. The Balaban J connectivity index is 3.10. The fourth-order valence-corrected chi connectivity index (χ4v) is 1.44. The van der Waals surface area contributed by atoms with E-state index in [1.54, 1.807) is 6.92 Å². The van der Waals surface area contributed by atoms with Gasteiger partial charge in [-0.3, -0.25) is 4.79 Å². The Morgan fingerprint density at radius 2 is 2.12 bits per heavy atom. The van der Waals surface area contributed by atoms with Gasteiger partial charge in [0.2, 0.25) is 0 Å². The van der Waals surface area contributed by atoms with E-state index in [2.05, 4.69) is 0 Å². The van der Waals surface area contributed by atoms with E-state index in [1.165, 1.54) is 19.1 Å². The van der Waals surface area contributed by atoms with Crippen LogP contribution < -0.4 is 0 Å². The van der Waals surface area contributed by atoms with E-state index in [0.29, 0.717) is 5.56 Å². The lowest BCUT2D eigenvalue weighted by atomic mass is 10.1. The molecule has 0 bridgehead atoms. The monoisotopic (exact) mass is 258 g/mol. The number of hydrogen-bond acceptors (Lipinski definition) is 3. The van der Waals surface area contributed by atoms with Gasteiger partial charge in [0.25, 0.3) is 0 Å². The predicted octanol–water partition coefficient (Wildman–Crippen LogP) is 2.87. The van der Waals surface area contributed by atoms with Crippen LogP contribution in [0.25, 0.3) is 0 Å². The van der Waals surface area contributed by atoms with Crippen molar-refractivity contribution in [2.75, 3.05) is 6.61 Å². The molecule has 5 heteroatoms. The summed E-state index contributed by atoms with van der Waals surface area (Å²) in [6.07, 6.45) is 0. The van der Waals surface area contributed by atoms with Gasteiger partial charge < -0.3 is 4.74 Å². The molecule has 0 aliphatic rings. The van der Waals surface area contributed by atoms with Gasteiger partial charge >= 0.3 is 5.97 Å². The molecule has 3 nitrogen and oxygen atoms in total. The second kappa shape index (κ2) is 5.77. The van der Waals surface area contributed by atoms with E-state index in [9.17, 15) is 14.0 Å². The van der Waals surface area contributed by atoms with Gasteiger partial charge in [-0.2, -0.15) is 0 Å². The predicted molar refractivity (Wildman–Crippen MR) is 61.6 cm³/mol. The first-order chi connectivity index (χ1) is 7.97. The summed E-state index contributed by atoms with van der Waals surface area (Å²) in [7, 11) is 0. The molecule has 0 N–H and O–H groups in total. The second-order valence-electron chi connectivity index (χ2n) is 3.43. The van der Waals surface area contributed by atoms with Crippen LogP contribution in [0.2, 0.25) is 0 Å². The molecule has 1 rings (SSSR count). The maximum absolute atomic E-state index is 13.4. The molecule has 1 aromatic carbocycles. The minimum atomic E-state index is -0.885. The highest BCUT2D eigenvalue weighted by molar-refractivity contribution is 6.30. The summed E-state index contributed by atoms with van der Waals surface area (Å²) in [5.74, 6) is -1.73. The lowest BCUT2D eigenvalue weighted by molar-refractivity contribution is -0.116. The summed E-state index contributed by atoms with van der Waals surface area (Å²) in [6.45, 7) is 3.10. The average molecular weight is 259 g/mol. The van der Waals surface area contributed by atoms with Crippen molar-refractivity contribution in [2.45, 2.75) is 19.2 Å². The summed E-state index contributed by atoms with van der Waals surface area (Å²) >= 11 is 5.82. The number of ether oxygens (including phenoxy) is 1. The Morgan fingerprint density at radius 3 is 2.65 bits per heavy atom. The van der Waals surface area contributed by atoms with E-state index in [1.807, 2.05) is 0 Å². The molecule has 0 aliphatic carbocycles. The first kappa shape index (κ1) is 13.6. The number of ketones is 1. The summed E-state index contributed by atoms with van der Waals surface area (Å²) in [5, 5.41) is -0.885. The van der Waals surface area contributed by atoms with Gasteiger partial charge in [0.15, 0.2) is 5.78 Å². The van der Waals surface area contributed by atoms with Gasteiger partial charge in [-0.25, -0.2) is 9.18 Å². The quantitative estimate of drug-likeness (QED) is 0.616. The van der Waals surface area contributed by atoms with Crippen LogP contribution in [0.4, 0.5) is 4.39 Å². The number of halogens is 2. The molecule has 0 aliphatic heterocycles. The van der Waals surface area contributed by atoms with Gasteiger partial charge in [-0.15, -0.1) is 11.6 Å². The van der Waals surface area contributed by atoms with Gasteiger partial charge in [-0.1, -0.05) is 6.07 Å². The molecule has 0 aromatic heterocycles. The molecule has 1 atom stereocenters. The van der Waals surface area contributed by atoms with E-state index in [-0.39, 0.29) is 18.0 Å². The number of alkyl halides is 1. The smallest absolute Gasteiger partial charge is 0.341 e. The molecule has 1 aromatic rings. The number of esters is 1. The fraction of sp³-hybridized carbons (Fsp3) is 0.333. The van der Waals surface area contributed by atoms with Gasteiger partial charge in [0, 0.05) is 0 Å². The lowest BCUT2D eigenvalue weighted by Gasteiger charge is -2.09. The minimum absolute atomic E-state index is 0.152. The largest absolute Gasteiger partial charge is 0.462 e. The lowest BCUT2D eigenvalue weighted by Crippen LogP contribution is -2.09. The number of benzene rings is 1. The molecule has 17 heavy (non-hydrogen) atoms. The van der Waals surface area contributed by atoms with Crippen molar-refractivity contribution >= 4 is 23.4 Å². The van der Waals surface area contributed by atoms with Crippen LogP contribution in [0.1, 0.15) is 35.1 Å². The maximum Gasteiger partial charge on any atom is 0.341 e. The van der Waals surface area contributed by atoms with Crippen molar-refractivity contribution in [1.82, 2.24) is 0 Å². The highest BCUT2D eigenvalue weighted by Crippen LogP contribution is 2.23. The van der Waals surface area contributed by atoms with Crippen molar-refractivity contribution in [1.29, 1.82) is 0 Å². The SMILES string of the molecule is CCOC(=O)c1cc(C(Cl)C(C)=O)ccc1F. The molecular formula is C12H12ClFO3. The van der Waals surface area contributed by atoms with E-state index in [4.69, 9.17) is 16.3 Å². The Labute approximate surface area is 104 Å². The van der Waals surface area contributed by atoms with E-state index in [0.717, 1.165) is 6.07 Å². The molecule has 0 amide bonds. The highest BCUT2D eigenvalue weighted by atomic mass is 35.5. The molecule has 0 fully saturated rings. The highest BCUT2D eigenvalue weighted by Gasteiger charge is 2.18. The molecule has 0 saturated carbocycles. The third-order valence-electron chi connectivity index (χ3n) is 2.14. The normalized spacial score (nSPS) is 12.0. The average Bonchev–Trinajstić information content (AvgIpc) is 2.28. The third kappa shape index (κ3) is 3.27. The fourth-order valence-electron chi connectivity index (χ4n) is 1.30. The molecule has 0 saturated heterocycles. The first-order valence-electron chi connectivity index (χ1n) is 5.08. The minimum Gasteiger partial charge on any atom is -0.462 e. The number of hydrogen-bond donors (Lipinski definition) is 0. The first-order valence-corrected chi connectivity index (χ1v) is 5.52. The van der Waals surface area contributed by atoms with Crippen LogP contribution in [-0.4, -0.2) is 18.4 Å². The zero-order chi connectivity index (χ0) is 13.0. The number of Topliss-reactive ketones (excluding diaryl/α,β-unsaturated/α-hetero) is 1.